The number of piperidine rings is 1. The number of anilines is 1. The lowest BCUT2D eigenvalue weighted by Crippen LogP contribution is -2.42. The highest BCUT2D eigenvalue weighted by atomic mass is 35.5. The number of amides is 1. The molecule has 0 radical (unpaired) electrons. The number of nitriles is 1. The first-order chi connectivity index (χ1) is 14.8. The number of nitrogens with zero attached hydrogens (tertiary/aromatic N) is 2. The summed E-state index contributed by atoms with van der Waals surface area (Å²) in [7, 11) is -2.25. The van der Waals surface area contributed by atoms with Crippen LogP contribution in [0.4, 0.5) is 5.69 Å². The van der Waals surface area contributed by atoms with Crippen molar-refractivity contribution in [3.63, 3.8) is 0 Å². The lowest BCUT2D eigenvalue weighted by molar-refractivity contribution is -0.128. The molecule has 3 unspecified atom stereocenters. The van der Waals surface area contributed by atoms with E-state index < -0.39 is 32.6 Å². The normalized spacial score (nSPS) is 27.5. The number of hydrogen-bond donors (Lipinski definition) is 1. The minimum Gasteiger partial charge on any atom is -0.381 e. The van der Waals surface area contributed by atoms with Gasteiger partial charge in [0.2, 0.25) is 5.91 Å². The third-order valence-corrected chi connectivity index (χ3v) is 9.47. The van der Waals surface area contributed by atoms with Gasteiger partial charge in [-0.05, 0) is 63.1 Å². The van der Waals surface area contributed by atoms with Crippen LogP contribution in [-0.2, 0) is 19.4 Å². The number of methoxy groups -OCH3 is 1. The summed E-state index contributed by atoms with van der Waals surface area (Å²) in [6.45, 7) is 1.89. The van der Waals surface area contributed by atoms with E-state index in [2.05, 4.69) is 16.3 Å². The highest BCUT2D eigenvalue weighted by Crippen LogP contribution is 2.40. The Kier molecular flexibility index (Phi) is 6.21. The van der Waals surface area contributed by atoms with Crippen LogP contribution in [-0.4, -0.2) is 51.4 Å². The molecule has 0 aromatic heterocycles. The summed E-state index contributed by atoms with van der Waals surface area (Å²) < 4.78 is 32.2. The van der Waals surface area contributed by atoms with Crippen LogP contribution in [0.5, 0.6) is 0 Å². The molecule has 0 spiro atoms. The number of carbonyl (C=O) groups excluding carboxylic acids is 1. The van der Waals surface area contributed by atoms with Crippen molar-refractivity contribution in [1.29, 1.82) is 5.26 Å². The largest absolute Gasteiger partial charge is 0.381 e. The van der Waals surface area contributed by atoms with Crippen molar-refractivity contribution in [3.05, 3.63) is 23.2 Å². The van der Waals surface area contributed by atoms with Gasteiger partial charge in [0.1, 0.15) is 5.54 Å². The zero-order valence-corrected chi connectivity index (χ0v) is 19.2. The Hall–Kier alpha value is -1.82. The average molecular weight is 466 g/mol. The van der Waals surface area contributed by atoms with Gasteiger partial charge in [-0.25, -0.2) is 8.42 Å². The monoisotopic (exact) mass is 465 g/mol. The molecule has 3 aliphatic rings. The average Bonchev–Trinajstić information content (AvgIpc) is 3.39. The van der Waals surface area contributed by atoms with E-state index in [4.69, 9.17) is 16.3 Å². The summed E-state index contributed by atoms with van der Waals surface area (Å²) in [5.74, 6) is -0.919. The Morgan fingerprint density at radius 2 is 1.97 bits per heavy atom. The number of ether oxygens (including phenoxy) is 1. The number of halogens is 1. The highest BCUT2D eigenvalue weighted by molar-refractivity contribution is 7.92. The van der Waals surface area contributed by atoms with E-state index in [0.29, 0.717) is 12.8 Å². The molecule has 2 saturated carbocycles. The van der Waals surface area contributed by atoms with Crippen molar-refractivity contribution >= 4 is 33.0 Å². The van der Waals surface area contributed by atoms with Gasteiger partial charge < -0.3 is 15.0 Å². The maximum atomic E-state index is 13.4. The van der Waals surface area contributed by atoms with Crippen LogP contribution in [0.15, 0.2) is 23.1 Å². The fraction of sp³-hybridized carbons (Fsp3) is 0.636. The molecule has 1 amide bonds. The van der Waals surface area contributed by atoms with Crippen LogP contribution < -0.4 is 10.2 Å². The van der Waals surface area contributed by atoms with Crippen molar-refractivity contribution in [1.82, 2.24) is 5.32 Å². The summed E-state index contributed by atoms with van der Waals surface area (Å²) >= 11 is 6.44. The summed E-state index contributed by atoms with van der Waals surface area (Å²) in [5.41, 5.74) is 0.147. The predicted molar refractivity (Wildman–Crippen MR) is 118 cm³/mol. The Bertz CT molecular complexity index is 996. The Balaban J connectivity index is 1.52. The number of carbonyl (C=O) groups is 1. The summed E-state index contributed by atoms with van der Waals surface area (Å²) in [4.78, 5) is 15.1. The highest BCUT2D eigenvalue weighted by Gasteiger charge is 2.50. The maximum Gasteiger partial charge on any atom is 0.227 e. The second kappa shape index (κ2) is 8.61. The molecule has 3 atom stereocenters. The molecule has 1 heterocycles. The van der Waals surface area contributed by atoms with Crippen LogP contribution in [0.2, 0.25) is 5.02 Å². The van der Waals surface area contributed by atoms with E-state index >= 15 is 0 Å². The fourth-order valence-corrected chi connectivity index (χ4v) is 7.06. The number of nitrogens with one attached hydrogen (secondary N) is 1. The van der Waals surface area contributed by atoms with Gasteiger partial charge in [0, 0.05) is 25.9 Å². The molecule has 1 N–H and O–H groups in total. The van der Waals surface area contributed by atoms with E-state index in [0.717, 1.165) is 31.6 Å². The van der Waals surface area contributed by atoms with Gasteiger partial charge in [-0.2, -0.15) is 5.26 Å². The molecule has 0 bridgehead atoms. The molecule has 2 aliphatic carbocycles. The van der Waals surface area contributed by atoms with Gasteiger partial charge in [0.25, 0.3) is 0 Å². The molecular weight excluding hydrogens is 438 g/mol. The number of benzene rings is 1. The zero-order chi connectivity index (χ0) is 22.2. The van der Waals surface area contributed by atoms with Crippen LogP contribution in [0.3, 0.4) is 0 Å². The van der Waals surface area contributed by atoms with Gasteiger partial charge in [0.15, 0.2) is 9.84 Å². The first kappa shape index (κ1) is 22.4. The second-order valence-electron chi connectivity index (χ2n) is 8.86. The van der Waals surface area contributed by atoms with Gasteiger partial charge in [-0.3, -0.25) is 4.79 Å². The Labute approximate surface area is 188 Å². The van der Waals surface area contributed by atoms with E-state index in [-0.39, 0.29) is 28.7 Å². The van der Waals surface area contributed by atoms with E-state index in [9.17, 15) is 18.5 Å². The fourth-order valence-electron chi connectivity index (χ4n) is 4.71. The SMILES string of the molecule is COC1CC(S(=O)(=O)c2ccc(N3CCCCC3)cc2Cl)CC1C(=O)NC1(C#N)CC1. The van der Waals surface area contributed by atoms with Crippen molar-refractivity contribution in [2.45, 2.75) is 66.7 Å². The molecule has 1 aliphatic heterocycles. The predicted octanol–water partition coefficient (Wildman–Crippen LogP) is 3.07. The molecular formula is C22H28ClN3O4S. The lowest BCUT2D eigenvalue weighted by Gasteiger charge is -2.29. The van der Waals surface area contributed by atoms with E-state index in [1.54, 1.807) is 12.1 Å². The topological polar surface area (TPSA) is 99.5 Å². The van der Waals surface area contributed by atoms with Crippen LogP contribution in [0.1, 0.15) is 44.9 Å². The summed E-state index contributed by atoms with van der Waals surface area (Å²) in [5, 5.41) is 11.5. The van der Waals surface area contributed by atoms with Gasteiger partial charge in [-0.1, -0.05) is 11.6 Å². The van der Waals surface area contributed by atoms with E-state index in [1.807, 2.05) is 6.07 Å². The molecule has 7 nitrogen and oxygen atoms in total. The zero-order valence-electron chi connectivity index (χ0n) is 17.6. The molecule has 4 rings (SSSR count). The van der Waals surface area contributed by atoms with Crippen molar-refractivity contribution in [3.8, 4) is 6.07 Å². The first-order valence-corrected chi connectivity index (χ1v) is 12.8. The number of rotatable bonds is 6. The van der Waals surface area contributed by atoms with Gasteiger partial charge in [-0.15, -0.1) is 0 Å². The van der Waals surface area contributed by atoms with Gasteiger partial charge >= 0.3 is 0 Å². The molecule has 1 aromatic rings. The second-order valence-corrected chi connectivity index (χ2v) is 11.5. The summed E-state index contributed by atoms with van der Waals surface area (Å²) in [6, 6.07) is 7.28. The van der Waals surface area contributed by atoms with Crippen LogP contribution in [0, 0.1) is 17.2 Å². The molecule has 31 heavy (non-hydrogen) atoms. The molecule has 1 saturated heterocycles. The molecule has 9 heteroatoms. The molecule has 3 fully saturated rings. The van der Waals surface area contributed by atoms with Crippen molar-refractivity contribution in [2.24, 2.45) is 5.92 Å². The number of hydrogen-bond acceptors (Lipinski definition) is 6. The minimum absolute atomic E-state index is 0.103. The minimum atomic E-state index is -3.74. The Morgan fingerprint density at radius 3 is 2.55 bits per heavy atom. The quantitative estimate of drug-likeness (QED) is 0.693. The smallest absolute Gasteiger partial charge is 0.227 e. The van der Waals surface area contributed by atoms with E-state index in [1.165, 1.54) is 13.5 Å². The van der Waals surface area contributed by atoms with Crippen LogP contribution in [0.25, 0.3) is 0 Å². The van der Waals surface area contributed by atoms with Crippen molar-refractivity contribution < 1.29 is 17.9 Å². The third kappa shape index (κ3) is 4.41. The van der Waals surface area contributed by atoms with Crippen molar-refractivity contribution in [2.75, 3.05) is 25.1 Å². The molecule has 1 aromatic carbocycles. The van der Waals surface area contributed by atoms with Gasteiger partial charge in [0.05, 0.1) is 33.3 Å². The lowest BCUT2D eigenvalue weighted by atomic mass is 10.0. The molecule has 168 valence electrons. The number of sulfone groups is 1. The Morgan fingerprint density at radius 1 is 1.26 bits per heavy atom. The maximum absolute atomic E-state index is 13.4. The summed E-state index contributed by atoms with van der Waals surface area (Å²) in [6.07, 6.45) is 4.56. The standard InChI is InChI=1S/C22H28ClN3O4S/c1-30-19-13-16(12-17(19)21(27)25-22(14-24)7-8-22)31(28,29)20-6-5-15(11-18(20)23)26-9-3-2-4-10-26/h5-6,11,16-17,19H,2-4,7-10,12-13H2,1H3,(H,25,27). The third-order valence-electron chi connectivity index (χ3n) is 6.81. The first-order valence-electron chi connectivity index (χ1n) is 10.8. The van der Waals surface area contributed by atoms with Crippen LogP contribution >= 0.6 is 11.6 Å².